The monoisotopic (exact) mass is 243 g/mol. The van der Waals surface area contributed by atoms with Gasteiger partial charge in [0.25, 0.3) is 0 Å². The van der Waals surface area contributed by atoms with Crippen LogP contribution in [-0.2, 0) is 0 Å². The minimum absolute atomic E-state index is 0.270. The van der Waals surface area contributed by atoms with Gasteiger partial charge >= 0.3 is 0 Å². The summed E-state index contributed by atoms with van der Waals surface area (Å²) in [5, 5.41) is 11.5. The molecule has 2 aromatic rings. The summed E-state index contributed by atoms with van der Waals surface area (Å²) in [6.07, 6.45) is 1.42. The van der Waals surface area contributed by atoms with Crippen molar-refractivity contribution >= 4 is 11.5 Å². The number of nitrogens with one attached hydrogen (secondary N) is 1. The highest BCUT2D eigenvalue weighted by Gasteiger charge is 2.05. The summed E-state index contributed by atoms with van der Waals surface area (Å²) >= 11 is 0. The van der Waals surface area contributed by atoms with Crippen molar-refractivity contribution in [3.63, 3.8) is 0 Å². The number of aromatic nitrogens is 1. The number of halogens is 1. The summed E-state index contributed by atoms with van der Waals surface area (Å²) in [5.41, 5.74) is 0.721. The zero-order chi connectivity index (χ0) is 13.0. The molecule has 0 aliphatic carbocycles. The van der Waals surface area contributed by atoms with Gasteiger partial charge in [0.05, 0.1) is 18.4 Å². The molecule has 0 aliphatic rings. The normalized spacial score (nSPS) is 9.61. The lowest BCUT2D eigenvalue weighted by Gasteiger charge is -2.08. The Labute approximate surface area is 104 Å². The third-order valence-corrected chi connectivity index (χ3v) is 2.33. The van der Waals surface area contributed by atoms with Gasteiger partial charge < -0.3 is 10.1 Å². The molecule has 1 N–H and O–H groups in total. The number of rotatable bonds is 3. The predicted octanol–water partition coefficient (Wildman–Crippen LogP) is 2.84. The molecule has 2 rings (SSSR count). The van der Waals surface area contributed by atoms with Crippen molar-refractivity contribution in [3.05, 3.63) is 47.9 Å². The zero-order valence-corrected chi connectivity index (χ0v) is 9.64. The van der Waals surface area contributed by atoms with Gasteiger partial charge in [-0.3, -0.25) is 0 Å². The fourth-order valence-electron chi connectivity index (χ4n) is 1.40. The number of methoxy groups -OCH3 is 1. The Hall–Kier alpha value is -2.61. The lowest BCUT2D eigenvalue weighted by atomic mass is 10.2. The molecule has 90 valence electrons. The first-order valence-electron chi connectivity index (χ1n) is 5.19. The number of ether oxygens (including phenoxy) is 1. The van der Waals surface area contributed by atoms with E-state index in [2.05, 4.69) is 10.3 Å². The molecule has 0 fully saturated rings. The maximum absolute atomic E-state index is 13.5. The van der Waals surface area contributed by atoms with E-state index in [0.717, 1.165) is 0 Å². The van der Waals surface area contributed by atoms with Gasteiger partial charge in [0, 0.05) is 12.3 Å². The minimum atomic E-state index is -0.401. The first-order chi connectivity index (χ1) is 8.72. The van der Waals surface area contributed by atoms with Crippen LogP contribution in [0, 0.1) is 17.1 Å². The Morgan fingerprint density at radius 2 is 2.17 bits per heavy atom. The van der Waals surface area contributed by atoms with E-state index < -0.39 is 5.82 Å². The molecule has 0 bridgehead atoms. The maximum atomic E-state index is 13.5. The lowest BCUT2D eigenvalue weighted by molar-refractivity contribution is 0.414. The average Bonchev–Trinajstić information content (AvgIpc) is 2.42. The molecule has 0 radical (unpaired) electrons. The van der Waals surface area contributed by atoms with Crippen LogP contribution in [0.25, 0.3) is 0 Å². The molecule has 0 unspecified atom stereocenters. The van der Waals surface area contributed by atoms with Crippen molar-refractivity contribution in [3.8, 4) is 11.8 Å². The van der Waals surface area contributed by atoms with Gasteiger partial charge in [-0.05, 0) is 24.3 Å². The van der Waals surface area contributed by atoms with Crippen LogP contribution in [0.3, 0.4) is 0 Å². The molecule has 0 saturated heterocycles. The van der Waals surface area contributed by atoms with Crippen molar-refractivity contribution in [2.45, 2.75) is 0 Å². The molecule has 18 heavy (non-hydrogen) atoms. The molecule has 0 saturated carbocycles. The highest BCUT2D eigenvalue weighted by molar-refractivity contribution is 5.59. The second-order valence-electron chi connectivity index (χ2n) is 3.51. The van der Waals surface area contributed by atoms with Crippen molar-refractivity contribution < 1.29 is 9.13 Å². The summed E-state index contributed by atoms with van der Waals surface area (Å²) in [4.78, 5) is 4.00. The van der Waals surface area contributed by atoms with E-state index in [1.165, 1.54) is 31.5 Å². The molecule has 1 aromatic carbocycles. The van der Waals surface area contributed by atoms with E-state index in [4.69, 9.17) is 10.00 Å². The smallest absolute Gasteiger partial charge is 0.146 e. The van der Waals surface area contributed by atoms with Crippen LogP contribution in [0.1, 0.15) is 5.56 Å². The van der Waals surface area contributed by atoms with E-state index >= 15 is 0 Å². The SMILES string of the molecule is COc1ccc(F)c(Nc2ccc(C#N)cn2)c1. The van der Waals surface area contributed by atoms with E-state index in [-0.39, 0.29) is 5.69 Å². The summed E-state index contributed by atoms with van der Waals surface area (Å²) in [5.74, 6) is 0.607. The Bertz CT molecular complexity index is 590. The second-order valence-corrected chi connectivity index (χ2v) is 3.51. The first kappa shape index (κ1) is 11.9. The van der Waals surface area contributed by atoms with Gasteiger partial charge in [-0.2, -0.15) is 5.26 Å². The van der Waals surface area contributed by atoms with Crippen molar-refractivity contribution in [1.29, 1.82) is 5.26 Å². The number of pyridine rings is 1. The first-order valence-corrected chi connectivity index (χ1v) is 5.19. The van der Waals surface area contributed by atoms with Crippen molar-refractivity contribution in [2.75, 3.05) is 12.4 Å². The third-order valence-electron chi connectivity index (χ3n) is 2.33. The van der Waals surface area contributed by atoms with Crippen LogP contribution in [-0.4, -0.2) is 12.1 Å². The summed E-state index contributed by atoms with van der Waals surface area (Å²) in [6.45, 7) is 0. The number of hydrogen-bond donors (Lipinski definition) is 1. The van der Waals surface area contributed by atoms with E-state index in [9.17, 15) is 4.39 Å². The largest absolute Gasteiger partial charge is 0.497 e. The molecule has 1 aromatic heterocycles. The van der Waals surface area contributed by atoms with Crippen molar-refractivity contribution in [1.82, 2.24) is 4.98 Å². The van der Waals surface area contributed by atoms with Crippen LogP contribution in [0.5, 0.6) is 5.75 Å². The Balaban J connectivity index is 2.25. The van der Waals surface area contributed by atoms with Crippen LogP contribution >= 0.6 is 0 Å². The molecule has 4 nitrogen and oxygen atoms in total. The van der Waals surface area contributed by atoms with E-state index in [0.29, 0.717) is 17.1 Å². The third kappa shape index (κ3) is 2.55. The Morgan fingerprint density at radius 1 is 1.33 bits per heavy atom. The summed E-state index contributed by atoms with van der Waals surface area (Å²) < 4.78 is 18.6. The van der Waals surface area contributed by atoms with E-state index in [1.54, 1.807) is 12.1 Å². The van der Waals surface area contributed by atoms with Crippen LogP contribution in [0.4, 0.5) is 15.9 Å². The fourth-order valence-corrected chi connectivity index (χ4v) is 1.40. The molecule has 0 aliphatic heterocycles. The molecule has 0 spiro atoms. The summed E-state index contributed by atoms with van der Waals surface area (Å²) in [7, 11) is 1.51. The van der Waals surface area contributed by atoms with Gasteiger partial charge in [-0.1, -0.05) is 0 Å². The molecular weight excluding hydrogens is 233 g/mol. The van der Waals surface area contributed by atoms with Gasteiger partial charge in [0.15, 0.2) is 0 Å². The minimum Gasteiger partial charge on any atom is -0.497 e. The number of nitrogens with zero attached hydrogens (tertiary/aromatic N) is 2. The number of anilines is 2. The molecule has 0 amide bonds. The van der Waals surface area contributed by atoms with Crippen molar-refractivity contribution in [2.24, 2.45) is 0 Å². The molecule has 0 atom stereocenters. The number of nitriles is 1. The lowest BCUT2D eigenvalue weighted by Crippen LogP contribution is -1.97. The van der Waals surface area contributed by atoms with Gasteiger partial charge in [0.2, 0.25) is 0 Å². The van der Waals surface area contributed by atoms with Crippen LogP contribution < -0.4 is 10.1 Å². The van der Waals surface area contributed by atoms with E-state index in [1.807, 2.05) is 6.07 Å². The average molecular weight is 243 g/mol. The second kappa shape index (κ2) is 5.15. The Kier molecular flexibility index (Phi) is 3.39. The highest BCUT2D eigenvalue weighted by Crippen LogP contribution is 2.23. The predicted molar refractivity (Wildman–Crippen MR) is 65.2 cm³/mol. The zero-order valence-electron chi connectivity index (χ0n) is 9.64. The number of benzene rings is 1. The van der Waals surface area contributed by atoms with Crippen LogP contribution in [0.15, 0.2) is 36.5 Å². The Morgan fingerprint density at radius 3 is 2.78 bits per heavy atom. The molecule has 5 heteroatoms. The maximum Gasteiger partial charge on any atom is 0.146 e. The highest BCUT2D eigenvalue weighted by atomic mass is 19.1. The van der Waals surface area contributed by atoms with Crippen LogP contribution in [0.2, 0.25) is 0 Å². The number of hydrogen-bond acceptors (Lipinski definition) is 4. The van der Waals surface area contributed by atoms with Gasteiger partial charge in [0.1, 0.15) is 23.5 Å². The fraction of sp³-hybridized carbons (Fsp3) is 0.0769. The quantitative estimate of drug-likeness (QED) is 0.900. The molecular formula is C13H10FN3O. The van der Waals surface area contributed by atoms with Gasteiger partial charge in [-0.25, -0.2) is 9.37 Å². The van der Waals surface area contributed by atoms with Gasteiger partial charge in [-0.15, -0.1) is 0 Å². The summed E-state index contributed by atoms with van der Waals surface area (Å²) in [6, 6.07) is 9.56. The topological polar surface area (TPSA) is 57.9 Å². The standard InChI is InChI=1S/C13H10FN3O/c1-18-10-3-4-11(14)12(6-10)17-13-5-2-9(7-15)8-16-13/h2-6,8H,1H3,(H,16,17). The molecule has 1 heterocycles.